The third-order valence-electron chi connectivity index (χ3n) is 2.17. The lowest BCUT2D eigenvalue weighted by atomic mass is 10.2. The smallest absolute Gasteiger partial charge is 0.310 e. The van der Waals surface area contributed by atoms with E-state index >= 15 is 0 Å². The number of hydrogen-bond acceptors (Lipinski definition) is 3. The maximum absolute atomic E-state index is 10.5. The van der Waals surface area contributed by atoms with Gasteiger partial charge in [-0.05, 0) is 18.1 Å². The van der Waals surface area contributed by atoms with E-state index in [9.17, 15) is 4.79 Å². The number of carbonyl (C=O) groups is 1. The van der Waals surface area contributed by atoms with Crippen molar-refractivity contribution in [2.45, 2.75) is 45.8 Å². The third-order valence-corrected chi connectivity index (χ3v) is 6.29. The zero-order valence-electron chi connectivity index (χ0n) is 8.72. The molecule has 0 rings (SSSR count). The molecule has 3 nitrogen and oxygen atoms in total. The van der Waals surface area contributed by atoms with Crippen LogP contribution in [0.3, 0.4) is 0 Å². The van der Waals surface area contributed by atoms with Gasteiger partial charge in [0.2, 0.25) is 0 Å². The minimum Gasteiger partial charge on any atom is -0.310 e. The maximum atomic E-state index is 10.5. The van der Waals surface area contributed by atoms with Crippen LogP contribution in [-0.4, -0.2) is 14.3 Å². The monoisotopic (exact) mass is 190 g/mol. The van der Waals surface area contributed by atoms with E-state index in [4.69, 9.17) is 4.58 Å². The van der Waals surface area contributed by atoms with Crippen molar-refractivity contribution in [1.82, 2.24) is 0 Å². The molecular weight excluding hydrogens is 172 g/mol. The van der Waals surface area contributed by atoms with Crippen molar-refractivity contribution >= 4 is 14.3 Å². The van der Waals surface area contributed by atoms with E-state index in [0.717, 1.165) is 0 Å². The Morgan fingerprint density at radius 2 is 1.67 bits per heavy atom. The largest absolute Gasteiger partial charge is 0.337 e. The summed E-state index contributed by atoms with van der Waals surface area (Å²) in [5.74, 6) is -0.389. The Hall–Kier alpha value is -0.353. The van der Waals surface area contributed by atoms with Gasteiger partial charge in [-0.3, -0.25) is 0 Å². The Morgan fingerprint density at radius 1 is 1.25 bits per heavy atom. The molecule has 0 atom stereocenters. The SMILES string of the molecule is CC(=O)OO[Si](C)(C)C(C)(C)C. The molecule has 0 fully saturated rings. The van der Waals surface area contributed by atoms with Crippen LogP contribution in [0.4, 0.5) is 0 Å². The van der Waals surface area contributed by atoms with Crippen LogP contribution in [0, 0.1) is 0 Å². The fraction of sp³-hybridized carbons (Fsp3) is 0.875. The highest BCUT2D eigenvalue weighted by atomic mass is 28.4. The first-order valence-corrected chi connectivity index (χ1v) is 6.94. The van der Waals surface area contributed by atoms with Crippen molar-refractivity contribution in [3.8, 4) is 0 Å². The molecule has 0 aromatic heterocycles. The molecule has 0 amide bonds. The van der Waals surface area contributed by atoms with Crippen LogP contribution in [0.1, 0.15) is 27.7 Å². The molecule has 0 aliphatic carbocycles. The Labute approximate surface area is 75.1 Å². The van der Waals surface area contributed by atoms with Gasteiger partial charge >= 0.3 is 5.97 Å². The van der Waals surface area contributed by atoms with Gasteiger partial charge in [-0.2, -0.15) is 0 Å². The van der Waals surface area contributed by atoms with E-state index in [1.165, 1.54) is 6.92 Å². The van der Waals surface area contributed by atoms with Crippen molar-refractivity contribution in [1.29, 1.82) is 0 Å². The molecule has 0 N–H and O–H groups in total. The van der Waals surface area contributed by atoms with E-state index in [1.807, 2.05) is 13.1 Å². The average molecular weight is 190 g/mol. The predicted octanol–water partition coefficient (Wildman–Crippen LogP) is 2.49. The Morgan fingerprint density at radius 3 is 1.92 bits per heavy atom. The fourth-order valence-corrected chi connectivity index (χ4v) is 0.864. The van der Waals surface area contributed by atoms with Gasteiger partial charge < -0.3 is 4.89 Å². The lowest BCUT2D eigenvalue weighted by Crippen LogP contribution is -2.41. The van der Waals surface area contributed by atoms with Crippen LogP contribution in [0.2, 0.25) is 18.1 Å². The molecular formula is C8H18O3Si. The molecule has 0 aromatic carbocycles. The maximum Gasteiger partial charge on any atom is 0.337 e. The van der Waals surface area contributed by atoms with Gasteiger partial charge in [0.1, 0.15) is 0 Å². The summed E-state index contributed by atoms with van der Waals surface area (Å²) in [7, 11) is -1.91. The van der Waals surface area contributed by atoms with Gasteiger partial charge in [-0.25, -0.2) is 9.37 Å². The van der Waals surface area contributed by atoms with E-state index in [1.54, 1.807) is 0 Å². The van der Waals surface area contributed by atoms with Crippen LogP contribution in [0.15, 0.2) is 0 Å². The Bertz CT molecular complexity index is 170. The van der Waals surface area contributed by atoms with Gasteiger partial charge in [-0.1, -0.05) is 20.8 Å². The average Bonchev–Trinajstić information content (AvgIpc) is 1.81. The standard InChI is InChI=1S/C8H18O3Si/c1-7(9)10-11-12(5,6)8(2,3)4/h1-6H3. The van der Waals surface area contributed by atoms with Crippen molar-refractivity contribution < 1.29 is 14.3 Å². The normalized spacial score (nSPS) is 12.8. The Balaban J connectivity index is 4.14. The van der Waals surface area contributed by atoms with Crippen LogP contribution in [0.25, 0.3) is 0 Å². The highest BCUT2D eigenvalue weighted by Gasteiger charge is 2.40. The predicted molar refractivity (Wildman–Crippen MR) is 50.0 cm³/mol. The lowest BCUT2D eigenvalue weighted by molar-refractivity contribution is -0.218. The summed E-state index contributed by atoms with van der Waals surface area (Å²) in [4.78, 5) is 15.0. The van der Waals surface area contributed by atoms with E-state index in [-0.39, 0.29) is 11.0 Å². The molecule has 0 bridgehead atoms. The first-order chi connectivity index (χ1) is 5.17. The molecule has 72 valence electrons. The lowest BCUT2D eigenvalue weighted by Gasteiger charge is -2.33. The van der Waals surface area contributed by atoms with Crippen molar-refractivity contribution in [2.75, 3.05) is 0 Å². The summed E-state index contributed by atoms with van der Waals surface area (Å²) in [5, 5.41) is 0.0719. The van der Waals surface area contributed by atoms with Crippen molar-refractivity contribution in [3.05, 3.63) is 0 Å². The van der Waals surface area contributed by atoms with Gasteiger partial charge in [0.25, 0.3) is 8.32 Å². The van der Waals surface area contributed by atoms with Gasteiger partial charge in [0.05, 0.1) is 0 Å². The zero-order valence-corrected chi connectivity index (χ0v) is 9.72. The van der Waals surface area contributed by atoms with Gasteiger partial charge in [0.15, 0.2) is 0 Å². The molecule has 0 radical (unpaired) electrons. The topological polar surface area (TPSA) is 35.5 Å². The summed E-state index contributed by atoms with van der Waals surface area (Å²) in [5.41, 5.74) is 0. The van der Waals surface area contributed by atoms with E-state index in [0.29, 0.717) is 0 Å². The summed E-state index contributed by atoms with van der Waals surface area (Å²) >= 11 is 0. The molecule has 0 saturated carbocycles. The third kappa shape index (κ3) is 3.36. The van der Waals surface area contributed by atoms with Gasteiger partial charge in [-0.15, -0.1) is 0 Å². The summed E-state index contributed by atoms with van der Waals surface area (Å²) < 4.78 is 5.14. The molecule has 4 heteroatoms. The number of rotatable bonds is 2. The zero-order chi connectivity index (χ0) is 9.99. The first-order valence-electron chi connectivity index (χ1n) is 4.03. The van der Waals surface area contributed by atoms with Crippen LogP contribution >= 0.6 is 0 Å². The van der Waals surface area contributed by atoms with Crippen LogP contribution in [0.5, 0.6) is 0 Å². The second-order valence-corrected chi connectivity index (χ2v) is 9.11. The van der Waals surface area contributed by atoms with E-state index < -0.39 is 8.32 Å². The Kier molecular flexibility index (Phi) is 3.47. The minimum atomic E-state index is -1.91. The fourth-order valence-electron chi connectivity index (χ4n) is 0.288. The van der Waals surface area contributed by atoms with Crippen LogP contribution in [-0.2, 0) is 14.3 Å². The molecule has 0 aromatic rings. The molecule has 0 heterocycles. The highest BCUT2D eigenvalue weighted by Crippen LogP contribution is 2.36. The molecule has 0 spiro atoms. The first kappa shape index (κ1) is 11.6. The van der Waals surface area contributed by atoms with Gasteiger partial charge in [0, 0.05) is 6.92 Å². The second kappa shape index (κ2) is 3.58. The van der Waals surface area contributed by atoms with Crippen molar-refractivity contribution in [3.63, 3.8) is 0 Å². The molecule has 0 aliphatic rings. The summed E-state index contributed by atoms with van der Waals surface area (Å²) in [6.07, 6.45) is 0. The number of carbonyl (C=O) groups excluding carboxylic acids is 1. The molecule has 12 heavy (non-hydrogen) atoms. The summed E-state index contributed by atoms with van der Waals surface area (Å²) in [6, 6.07) is 0. The van der Waals surface area contributed by atoms with E-state index in [2.05, 4.69) is 25.7 Å². The highest BCUT2D eigenvalue weighted by molar-refractivity contribution is 6.73. The van der Waals surface area contributed by atoms with Crippen LogP contribution < -0.4 is 0 Å². The summed E-state index contributed by atoms with van der Waals surface area (Å²) in [6.45, 7) is 11.6. The molecule has 0 unspecified atom stereocenters. The number of hydrogen-bond donors (Lipinski definition) is 0. The molecule has 0 saturated heterocycles. The minimum absolute atomic E-state index is 0.0719. The van der Waals surface area contributed by atoms with Crippen molar-refractivity contribution in [2.24, 2.45) is 0 Å². The quantitative estimate of drug-likeness (QED) is 0.381. The second-order valence-electron chi connectivity index (χ2n) is 4.42. The molecule has 0 aliphatic heterocycles.